The summed E-state index contributed by atoms with van der Waals surface area (Å²) in [5.41, 5.74) is 2.46. The van der Waals surface area contributed by atoms with Gasteiger partial charge in [-0.2, -0.15) is 0 Å². The highest BCUT2D eigenvalue weighted by atomic mass is 79.9. The van der Waals surface area contributed by atoms with Crippen molar-refractivity contribution in [2.45, 2.75) is 12.8 Å². The molecule has 1 N–H and O–H groups in total. The highest BCUT2D eigenvalue weighted by Crippen LogP contribution is 2.16. The van der Waals surface area contributed by atoms with Crippen LogP contribution in [0.3, 0.4) is 0 Å². The van der Waals surface area contributed by atoms with Gasteiger partial charge in [-0.15, -0.1) is 0 Å². The molecule has 0 radical (unpaired) electrons. The number of halogens is 1. The molecule has 2 amide bonds. The summed E-state index contributed by atoms with van der Waals surface area (Å²) in [5.74, 6) is -0.0551. The van der Waals surface area contributed by atoms with E-state index < -0.39 is 0 Å². The Kier molecular flexibility index (Phi) is 5.93. The van der Waals surface area contributed by atoms with Crippen LogP contribution >= 0.6 is 15.9 Å². The van der Waals surface area contributed by atoms with Gasteiger partial charge in [-0.1, -0.05) is 34.1 Å². The van der Waals surface area contributed by atoms with Crippen LogP contribution < -0.4 is 5.32 Å². The third kappa shape index (κ3) is 5.21. The number of hydrogen-bond donors (Lipinski definition) is 1. The summed E-state index contributed by atoms with van der Waals surface area (Å²) in [6.07, 6.45) is 1.03. The summed E-state index contributed by atoms with van der Waals surface area (Å²) in [6, 6.07) is 14.9. The van der Waals surface area contributed by atoms with Crippen LogP contribution in [0.15, 0.2) is 53.0 Å². The van der Waals surface area contributed by atoms with Crippen LogP contribution in [0, 0.1) is 0 Å². The van der Waals surface area contributed by atoms with Crippen LogP contribution in [0.2, 0.25) is 0 Å². The SMILES string of the molecule is CN(C)C(=O)c1ccc(CCC(=O)Nc2cccc(Br)c2)cc1. The third-order valence-electron chi connectivity index (χ3n) is 3.36. The first-order valence-electron chi connectivity index (χ1n) is 7.32. The maximum absolute atomic E-state index is 12.0. The topological polar surface area (TPSA) is 49.4 Å². The number of hydrogen-bond acceptors (Lipinski definition) is 2. The predicted octanol–water partition coefficient (Wildman–Crippen LogP) is 3.72. The zero-order valence-corrected chi connectivity index (χ0v) is 14.8. The number of benzene rings is 2. The number of anilines is 1. The highest BCUT2D eigenvalue weighted by Gasteiger charge is 2.08. The van der Waals surface area contributed by atoms with Gasteiger partial charge in [-0.05, 0) is 42.3 Å². The van der Waals surface area contributed by atoms with E-state index >= 15 is 0 Å². The summed E-state index contributed by atoms with van der Waals surface area (Å²) in [4.78, 5) is 25.3. The molecule has 0 atom stereocenters. The standard InChI is InChI=1S/C18H19BrN2O2/c1-21(2)18(23)14-9-6-13(7-10-14)8-11-17(22)20-16-5-3-4-15(19)12-16/h3-7,9-10,12H,8,11H2,1-2H3,(H,20,22). The molecule has 0 aliphatic carbocycles. The molecule has 0 aliphatic rings. The van der Waals surface area contributed by atoms with E-state index in [-0.39, 0.29) is 11.8 Å². The fourth-order valence-electron chi connectivity index (χ4n) is 2.12. The fraction of sp³-hybridized carbons (Fsp3) is 0.222. The van der Waals surface area contributed by atoms with Crippen molar-refractivity contribution in [2.75, 3.05) is 19.4 Å². The first-order valence-corrected chi connectivity index (χ1v) is 8.11. The van der Waals surface area contributed by atoms with Crippen LogP contribution in [0.5, 0.6) is 0 Å². The number of aryl methyl sites for hydroxylation is 1. The molecular weight excluding hydrogens is 356 g/mol. The molecule has 2 aromatic carbocycles. The third-order valence-corrected chi connectivity index (χ3v) is 3.85. The first kappa shape index (κ1) is 17.2. The minimum absolute atomic E-state index is 0.0241. The van der Waals surface area contributed by atoms with Crippen molar-refractivity contribution in [2.24, 2.45) is 0 Å². The van der Waals surface area contributed by atoms with E-state index in [1.165, 1.54) is 0 Å². The number of rotatable bonds is 5. The van der Waals surface area contributed by atoms with Gasteiger partial charge in [0.05, 0.1) is 0 Å². The smallest absolute Gasteiger partial charge is 0.253 e. The average Bonchev–Trinajstić information content (AvgIpc) is 2.52. The average molecular weight is 375 g/mol. The van der Waals surface area contributed by atoms with Gasteiger partial charge in [0.15, 0.2) is 0 Å². The van der Waals surface area contributed by atoms with E-state index in [0.717, 1.165) is 15.7 Å². The molecule has 0 saturated carbocycles. The molecule has 120 valence electrons. The van der Waals surface area contributed by atoms with E-state index in [1.807, 2.05) is 36.4 Å². The molecule has 2 rings (SSSR count). The van der Waals surface area contributed by atoms with Gasteiger partial charge in [-0.25, -0.2) is 0 Å². The summed E-state index contributed by atoms with van der Waals surface area (Å²) < 4.78 is 0.927. The summed E-state index contributed by atoms with van der Waals surface area (Å²) in [6.45, 7) is 0. The second-order valence-electron chi connectivity index (χ2n) is 5.46. The molecule has 0 spiro atoms. The molecule has 0 bridgehead atoms. The second-order valence-corrected chi connectivity index (χ2v) is 6.37. The number of amides is 2. The van der Waals surface area contributed by atoms with Crippen molar-refractivity contribution in [3.05, 3.63) is 64.1 Å². The van der Waals surface area contributed by atoms with Crippen molar-refractivity contribution in [3.8, 4) is 0 Å². The Morgan fingerprint density at radius 1 is 1.09 bits per heavy atom. The van der Waals surface area contributed by atoms with Crippen LogP contribution in [-0.2, 0) is 11.2 Å². The van der Waals surface area contributed by atoms with Gasteiger partial charge in [0, 0.05) is 36.2 Å². The monoisotopic (exact) mass is 374 g/mol. The molecule has 0 fully saturated rings. The van der Waals surface area contributed by atoms with Crippen molar-refractivity contribution in [1.29, 1.82) is 0 Å². The number of carbonyl (C=O) groups is 2. The lowest BCUT2D eigenvalue weighted by molar-refractivity contribution is -0.116. The fourth-order valence-corrected chi connectivity index (χ4v) is 2.52. The highest BCUT2D eigenvalue weighted by molar-refractivity contribution is 9.10. The lowest BCUT2D eigenvalue weighted by Gasteiger charge is -2.10. The van der Waals surface area contributed by atoms with Crippen molar-refractivity contribution < 1.29 is 9.59 Å². The number of nitrogens with zero attached hydrogens (tertiary/aromatic N) is 1. The van der Waals surface area contributed by atoms with Crippen LogP contribution in [0.25, 0.3) is 0 Å². The first-order chi connectivity index (χ1) is 11.0. The Balaban J connectivity index is 1.88. The molecule has 4 nitrogen and oxygen atoms in total. The molecule has 0 heterocycles. The van der Waals surface area contributed by atoms with E-state index in [9.17, 15) is 9.59 Å². The minimum Gasteiger partial charge on any atom is -0.345 e. The number of carbonyl (C=O) groups excluding carboxylic acids is 2. The van der Waals surface area contributed by atoms with Crippen molar-refractivity contribution in [3.63, 3.8) is 0 Å². The van der Waals surface area contributed by atoms with Gasteiger partial charge in [-0.3, -0.25) is 9.59 Å². The number of nitrogens with one attached hydrogen (secondary N) is 1. The zero-order valence-electron chi connectivity index (χ0n) is 13.2. The molecular formula is C18H19BrN2O2. The van der Waals surface area contributed by atoms with Gasteiger partial charge < -0.3 is 10.2 Å². The molecule has 0 unspecified atom stereocenters. The normalized spacial score (nSPS) is 10.2. The molecule has 0 aromatic heterocycles. The Morgan fingerprint density at radius 2 is 1.78 bits per heavy atom. The Morgan fingerprint density at radius 3 is 2.39 bits per heavy atom. The Bertz CT molecular complexity index is 696. The van der Waals surface area contributed by atoms with Gasteiger partial charge >= 0.3 is 0 Å². The molecule has 23 heavy (non-hydrogen) atoms. The summed E-state index contributed by atoms with van der Waals surface area (Å²) in [7, 11) is 3.45. The zero-order chi connectivity index (χ0) is 16.8. The molecule has 2 aromatic rings. The summed E-state index contributed by atoms with van der Waals surface area (Å²) in [5, 5.41) is 2.87. The maximum atomic E-state index is 12.0. The predicted molar refractivity (Wildman–Crippen MR) is 95.6 cm³/mol. The largest absolute Gasteiger partial charge is 0.345 e. The molecule has 5 heteroatoms. The van der Waals surface area contributed by atoms with E-state index in [2.05, 4.69) is 21.2 Å². The molecule has 0 saturated heterocycles. The van der Waals surface area contributed by atoms with Gasteiger partial charge in [0.1, 0.15) is 0 Å². The summed E-state index contributed by atoms with van der Waals surface area (Å²) >= 11 is 3.37. The van der Waals surface area contributed by atoms with E-state index in [1.54, 1.807) is 31.1 Å². The lowest BCUT2D eigenvalue weighted by Crippen LogP contribution is -2.21. The van der Waals surface area contributed by atoms with Crippen LogP contribution in [0.4, 0.5) is 5.69 Å². The minimum atomic E-state index is -0.0310. The van der Waals surface area contributed by atoms with E-state index in [0.29, 0.717) is 18.4 Å². The molecule has 0 aliphatic heterocycles. The van der Waals surface area contributed by atoms with Crippen LogP contribution in [0.1, 0.15) is 22.3 Å². The quantitative estimate of drug-likeness (QED) is 0.866. The maximum Gasteiger partial charge on any atom is 0.253 e. The van der Waals surface area contributed by atoms with Crippen molar-refractivity contribution in [1.82, 2.24) is 4.90 Å². The second kappa shape index (κ2) is 7.92. The van der Waals surface area contributed by atoms with Crippen molar-refractivity contribution >= 4 is 33.4 Å². The van der Waals surface area contributed by atoms with E-state index in [4.69, 9.17) is 0 Å². The van der Waals surface area contributed by atoms with Crippen LogP contribution in [-0.4, -0.2) is 30.8 Å². The van der Waals surface area contributed by atoms with Gasteiger partial charge in [0.25, 0.3) is 5.91 Å². The Labute approximate surface area is 144 Å². The Hall–Kier alpha value is -2.14. The lowest BCUT2D eigenvalue weighted by atomic mass is 10.1. The van der Waals surface area contributed by atoms with Gasteiger partial charge in [0.2, 0.25) is 5.91 Å².